The van der Waals surface area contributed by atoms with E-state index in [2.05, 4.69) is 0 Å². The number of carbonyl (C=O) groups excluding carboxylic acids is 1. The molecule has 2 atom stereocenters. The molecule has 21 heavy (non-hydrogen) atoms. The Morgan fingerprint density at radius 3 is 2.81 bits per heavy atom. The van der Waals surface area contributed by atoms with Crippen molar-refractivity contribution in [2.45, 2.75) is 19.4 Å². The maximum absolute atomic E-state index is 12.7. The third kappa shape index (κ3) is 2.30. The van der Waals surface area contributed by atoms with Gasteiger partial charge in [0.1, 0.15) is 19.3 Å². The summed E-state index contributed by atoms with van der Waals surface area (Å²) >= 11 is 0. The quantitative estimate of drug-likeness (QED) is 0.891. The van der Waals surface area contributed by atoms with Crippen LogP contribution in [0.3, 0.4) is 0 Å². The molecule has 0 aromatic heterocycles. The van der Waals surface area contributed by atoms with E-state index in [0.717, 1.165) is 0 Å². The van der Waals surface area contributed by atoms with Crippen molar-refractivity contribution in [3.05, 3.63) is 23.8 Å². The van der Waals surface area contributed by atoms with Gasteiger partial charge in [-0.25, -0.2) is 4.79 Å². The van der Waals surface area contributed by atoms with Crippen LogP contribution >= 0.6 is 0 Å². The molecule has 0 saturated carbocycles. The Morgan fingerprint density at radius 2 is 2.05 bits per heavy atom. The number of nitrogens with zero attached hydrogens (tertiary/aromatic N) is 1. The number of carbonyl (C=O) groups is 2. The monoisotopic (exact) mass is 291 g/mol. The van der Waals surface area contributed by atoms with E-state index in [1.807, 2.05) is 6.92 Å². The average Bonchev–Trinajstić information content (AvgIpc) is 2.88. The molecule has 0 radical (unpaired) electrons. The Bertz CT molecular complexity index is 585. The van der Waals surface area contributed by atoms with Gasteiger partial charge in [-0.2, -0.15) is 0 Å². The molecule has 1 N–H and O–H groups in total. The van der Waals surface area contributed by atoms with Gasteiger partial charge in [0, 0.05) is 6.54 Å². The van der Waals surface area contributed by atoms with Gasteiger partial charge in [0.2, 0.25) is 0 Å². The molecule has 0 aliphatic carbocycles. The van der Waals surface area contributed by atoms with E-state index in [4.69, 9.17) is 9.47 Å². The summed E-state index contributed by atoms with van der Waals surface area (Å²) in [5, 5.41) is 9.34. The van der Waals surface area contributed by atoms with Crippen LogP contribution in [0.1, 0.15) is 23.7 Å². The molecule has 1 saturated heterocycles. The first-order valence-electron chi connectivity index (χ1n) is 7.02. The van der Waals surface area contributed by atoms with E-state index >= 15 is 0 Å². The van der Waals surface area contributed by atoms with Crippen molar-refractivity contribution in [2.24, 2.45) is 5.92 Å². The van der Waals surface area contributed by atoms with E-state index < -0.39 is 12.0 Å². The van der Waals surface area contributed by atoms with Gasteiger partial charge in [0.15, 0.2) is 11.5 Å². The van der Waals surface area contributed by atoms with Crippen LogP contribution in [0.4, 0.5) is 0 Å². The van der Waals surface area contributed by atoms with Crippen molar-refractivity contribution in [3.8, 4) is 11.5 Å². The molecule has 2 unspecified atom stereocenters. The smallest absolute Gasteiger partial charge is 0.326 e. The zero-order chi connectivity index (χ0) is 15.0. The lowest BCUT2D eigenvalue weighted by molar-refractivity contribution is -0.142. The number of likely N-dealkylation sites (tertiary alicyclic amines) is 1. The van der Waals surface area contributed by atoms with E-state index in [1.54, 1.807) is 18.2 Å². The largest absolute Gasteiger partial charge is 0.486 e. The van der Waals surface area contributed by atoms with Crippen LogP contribution < -0.4 is 9.47 Å². The first-order chi connectivity index (χ1) is 10.1. The third-order valence-electron chi connectivity index (χ3n) is 4.01. The highest BCUT2D eigenvalue weighted by Crippen LogP contribution is 2.36. The molecule has 2 aliphatic heterocycles. The van der Waals surface area contributed by atoms with Crippen LogP contribution in [0, 0.1) is 5.92 Å². The van der Waals surface area contributed by atoms with E-state index in [1.165, 1.54) is 4.90 Å². The van der Waals surface area contributed by atoms with Gasteiger partial charge >= 0.3 is 5.97 Å². The highest BCUT2D eigenvalue weighted by molar-refractivity contribution is 6.00. The molecule has 1 fully saturated rings. The molecular weight excluding hydrogens is 274 g/mol. The van der Waals surface area contributed by atoms with Gasteiger partial charge in [-0.1, -0.05) is 13.0 Å². The number of para-hydroxylation sites is 1. The zero-order valence-electron chi connectivity index (χ0n) is 11.7. The molecular formula is C15H17NO5. The van der Waals surface area contributed by atoms with Crippen LogP contribution in [0.5, 0.6) is 11.5 Å². The van der Waals surface area contributed by atoms with Crippen molar-refractivity contribution in [3.63, 3.8) is 0 Å². The van der Waals surface area contributed by atoms with Crippen LogP contribution in [0.25, 0.3) is 0 Å². The number of amides is 1. The number of rotatable bonds is 2. The summed E-state index contributed by atoms with van der Waals surface area (Å²) in [6.45, 7) is 3.13. The summed E-state index contributed by atoms with van der Waals surface area (Å²) in [6, 6.07) is 4.33. The Balaban J connectivity index is 1.94. The number of ether oxygens (including phenoxy) is 2. The Labute approximate surface area is 122 Å². The minimum absolute atomic E-state index is 0.0526. The van der Waals surface area contributed by atoms with E-state index in [9.17, 15) is 14.7 Å². The molecule has 6 heteroatoms. The Hall–Kier alpha value is -2.24. The van der Waals surface area contributed by atoms with E-state index in [-0.39, 0.29) is 11.8 Å². The predicted octanol–water partition coefficient (Wildman–Crippen LogP) is 1.39. The van der Waals surface area contributed by atoms with Crippen molar-refractivity contribution >= 4 is 11.9 Å². The highest BCUT2D eigenvalue weighted by Gasteiger charge is 2.40. The average molecular weight is 291 g/mol. The van der Waals surface area contributed by atoms with Gasteiger partial charge in [-0.3, -0.25) is 4.79 Å². The molecule has 2 heterocycles. The number of carboxylic acids is 1. The molecule has 1 amide bonds. The van der Waals surface area contributed by atoms with Crippen LogP contribution in [-0.2, 0) is 4.79 Å². The minimum atomic E-state index is -0.963. The fraction of sp³-hybridized carbons (Fsp3) is 0.467. The van der Waals surface area contributed by atoms with Crippen molar-refractivity contribution in [1.29, 1.82) is 0 Å². The third-order valence-corrected chi connectivity index (χ3v) is 4.01. The molecule has 112 valence electrons. The van der Waals surface area contributed by atoms with Crippen molar-refractivity contribution < 1.29 is 24.2 Å². The standard InChI is InChI=1S/C15H17NO5/c1-9-5-6-16(12(9)15(18)19)14(17)10-3-2-4-11-13(10)21-8-7-20-11/h2-4,9,12H,5-8H2,1H3,(H,18,19). The summed E-state index contributed by atoms with van der Waals surface area (Å²) in [5.74, 6) is -0.378. The summed E-state index contributed by atoms with van der Waals surface area (Å²) in [5.41, 5.74) is 0.368. The molecule has 1 aromatic rings. The number of fused-ring (bicyclic) bond motifs is 1. The summed E-state index contributed by atoms with van der Waals surface area (Å²) in [7, 11) is 0. The molecule has 2 aliphatic rings. The summed E-state index contributed by atoms with van der Waals surface area (Å²) in [4.78, 5) is 25.5. The lowest BCUT2D eigenvalue weighted by Crippen LogP contribution is -2.43. The van der Waals surface area contributed by atoms with Gasteiger partial charge in [-0.05, 0) is 24.5 Å². The van der Waals surface area contributed by atoms with Crippen LogP contribution in [-0.4, -0.2) is 47.7 Å². The molecule has 3 rings (SSSR count). The van der Waals surface area contributed by atoms with Crippen LogP contribution in [0.15, 0.2) is 18.2 Å². The number of hydrogen-bond donors (Lipinski definition) is 1. The Kier molecular flexibility index (Phi) is 3.45. The molecule has 1 aromatic carbocycles. The maximum atomic E-state index is 12.7. The minimum Gasteiger partial charge on any atom is -0.486 e. The highest BCUT2D eigenvalue weighted by atomic mass is 16.6. The van der Waals surface area contributed by atoms with Crippen molar-refractivity contribution in [2.75, 3.05) is 19.8 Å². The first kappa shape index (κ1) is 13.7. The zero-order valence-corrected chi connectivity index (χ0v) is 11.7. The number of carboxylic acid groups (broad SMARTS) is 1. The SMILES string of the molecule is CC1CCN(C(=O)c2cccc3c2OCCO3)C1C(=O)O. The molecule has 0 spiro atoms. The Morgan fingerprint density at radius 1 is 1.29 bits per heavy atom. The normalized spacial score (nSPS) is 24.0. The fourth-order valence-electron chi connectivity index (χ4n) is 2.95. The molecule has 0 bridgehead atoms. The van der Waals surface area contributed by atoms with E-state index in [0.29, 0.717) is 43.2 Å². The molecule has 6 nitrogen and oxygen atoms in total. The summed E-state index contributed by atoms with van der Waals surface area (Å²) < 4.78 is 11.0. The number of hydrogen-bond acceptors (Lipinski definition) is 4. The van der Waals surface area contributed by atoms with Crippen molar-refractivity contribution in [1.82, 2.24) is 4.90 Å². The van der Waals surface area contributed by atoms with Crippen LogP contribution in [0.2, 0.25) is 0 Å². The second-order valence-electron chi connectivity index (χ2n) is 5.38. The maximum Gasteiger partial charge on any atom is 0.326 e. The van der Waals surface area contributed by atoms with Gasteiger partial charge in [0.05, 0.1) is 5.56 Å². The predicted molar refractivity (Wildman–Crippen MR) is 73.7 cm³/mol. The lowest BCUT2D eigenvalue weighted by Gasteiger charge is -2.26. The van der Waals surface area contributed by atoms with Gasteiger partial charge < -0.3 is 19.5 Å². The number of aliphatic carboxylic acids is 1. The summed E-state index contributed by atoms with van der Waals surface area (Å²) in [6.07, 6.45) is 0.690. The van der Waals surface area contributed by atoms with Gasteiger partial charge in [0.25, 0.3) is 5.91 Å². The second kappa shape index (κ2) is 5.27. The second-order valence-corrected chi connectivity index (χ2v) is 5.38. The topological polar surface area (TPSA) is 76.1 Å². The fourth-order valence-corrected chi connectivity index (χ4v) is 2.95. The number of benzene rings is 1. The lowest BCUT2D eigenvalue weighted by atomic mass is 10.0. The van der Waals surface area contributed by atoms with Gasteiger partial charge in [-0.15, -0.1) is 0 Å². The first-order valence-corrected chi connectivity index (χ1v) is 7.02.